The Hall–Kier alpha value is -3.34. The van der Waals surface area contributed by atoms with Gasteiger partial charge >= 0.3 is 0 Å². The van der Waals surface area contributed by atoms with Gasteiger partial charge in [0.1, 0.15) is 22.8 Å². The van der Waals surface area contributed by atoms with E-state index in [1.54, 1.807) is 12.4 Å². The minimum Gasteiger partial charge on any atom is -0.494 e. The van der Waals surface area contributed by atoms with Gasteiger partial charge in [-0.15, -0.1) is 0 Å². The van der Waals surface area contributed by atoms with Crippen molar-refractivity contribution in [1.82, 2.24) is 14.5 Å². The second-order valence-corrected chi connectivity index (χ2v) is 5.89. The van der Waals surface area contributed by atoms with Crippen molar-refractivity contribution in [2.45, 2.75) is 13.0 Å². The lowest BCUT2D eigenvalue weighted by Gasteiger charge is -2.09. The van der Waals surface area contributed by atoms with Crippen molar-refractivity contribution >= 4 is 11.0 Å². The summed E-state index contributed by atoms with van der Waals surface area (Å²) >= 11 is 0. The van der Waals surface area contributed by atoms with E-state index in [1.807, 2.05) is 67.0 Å². The SMILES string of the molecule is c1ccc(Oc2ccc(OCCCn3cnc4cnccc43)cc2)cc1. The second-order valence-electron chi connectivity index (χ2n) is 5.89. The third-order valence-electron chi connectivity index (χ3n) is 4.04. The van der Waals surface area contributed by atoms with Crippen LogP contribution in [-0.2, 0) is 6.54 Å². The first-order valence-electron chi connectivity index (χ1n) is 8.59. The maximum absolute atomic E-state index is 5.82. The van der Waals surface area contributed by atoms with Crippen molar-refractivity contribution in [3.05, 3.63) is 79.4 Å². The van der Waals surface area contributed by atoms with Crippen LogP contribution < -0.4 is 9.47 Å². The molecule has 0 aliphatic heterocycles. The van der Waals surface area contributed by atoms with E-state index >= 15 is 0 Å². The average Bonchev–Trinajstić information content (AvgIpc) is 3.11. The van der Waals surface area contributed by atoms with Crippen LogP contribution in [0.25, 0.3) is 11.0 Å². The molecule has 2 heterocycles. The standard InChI is InChI=1S/C21H19N3O2/c1-2-5-18(6-3-1)26-19-9-7-17(8-10-19)25-14-4-13-24-16-23-20-15-22-12-11-21(20)24/h1-3,5-12,15-16H,4,13-14H2. The number of ether oxygens (including phenoxy) is 2. The number of hydrogen-bond donors (Lipinski definition) is 0. The van der Waals surface area contributed by atoms with Crippen LogP contribution in [-0.4, -0.2) is 21.1 Å². The Morgan fingerprint density at radius 2 is 1.62 bits per heavy atom. The molecular weight excluding hydrogens is 326 g/mol. The number of nitrogens with zero attached hydrogens (tertiary/aromatic N) is 3. The van der Waals surface area contributed by atoms with Crippen LogP contribution in [0.3, 0.4) is 0 Å². The third kappa shape index (κ3) is 3.83. The predicted molar refractivity (Wildman–Crippen MR) is 101 cm³/mol. The van der Waals surface area contributed by atoms with Crippen molar-refractivity contribution in [2.75, 3.05) is 6.61 Å². The molecule has 0 amide bonds. The van der Waals surface area contributed by atoms with E-state index in [0.717, 1.165) is 41.2 Å². The molecule has 0 aliphatic carbocycles. The highest BCUT2D eigenvalue weighted by Crippen LogP contribution is 2.23. The largest absolute Gasteiger partial charge is 0.494 e. The van der Waals surface area contributed by atoms with Gasteiger partial charge in [0.05, 0.1) is 24.6 Å². The van der Waals surface area contributed by atoms with E-state index in [-0.39, 0.29) is 0 Å². The number of rotatable bonds is 7. The summed E-state index contributed by atoms with van der Waals surface area (Å²) in [5.41, 5.74) is 2.02. The minimum atomic E-state index is 0.643. The highest BCUT2D eigenvalue weighted by Gasteiger charge is 2.02. The van der Waals surface area contributed by atoms with Crippen molar-refractivity contribution in [3.8, 4) is 17.2 Å². The highest BCUT2D eigenvalue weighted by atomic mass is 16.5. The summed E-state index contributed by atoms with van der Waals surface area (Å²) in [6.07, 6.45) is 6.32. The molecule has 4 rings (SSSR count). The molecule has 0 atom stereocenters. The maximum atomic E-state index is 5.82. The van der Waals surface area contributed by atoms with Crippen molar-refractivity contribution in [2.24, 2.45) is 0 Å². The molecule has 4 aromatic rings. The van der Waals surface area contributed by atoms with E-state index in [9.17, 15) is 0 Å². The van der Waals surface area contributed by atoms with Crippen LogP contribution in [0.2, 0.25) is 0 Å². The number of hydrogen-bond acceptors (Lipinski definition) is 4. The first-order valence-corrected chi connectivity index (χ1v) is 8.59. The van der Waals surface area contributed by atoms with Crippen molar-refractivity contribution in [3.63, 3.8) is 0 Å². The zero-order chi connectivity index (χ0) is 17.6. The molecule has 0 saturated heterocycles. The van der Waals surface area contributed by atoms with E-state index in [0.29, 0.717) is 6.61 Å². The summed E-state index contributed by atoms with van der Waals surface area (Å²) in [5, 5.41) is 0. The van der Waals surface area contributed by atoms with Crippen LogP contribution in [0.4, 0.5) is 0 Å². The molecule has 5 nitrogen and oxygen atoms in total. The van der Waals surface area contributed by atoms with Gasteiger partial charge < -0.3 is 14.0 Å². The van der Waals surface area contributed by atoms with E-state index < -0.39 is 0 Å². The van der Waals surface area contributed by atoms with E-state index in [2.05, 4.69) is 14.5 Å². The summed E-state index contributed by atoms with van der Waals surface area (Å²) in [6.45, 7) is 1.50. The van der Waals surface area contributed by atoms with Crippen molar-refractivity contribution in [1.29, 1.82) is 0 Å². The van der Waals surface area contributed by atoms with Crippen LogP contribution in [0.5, 0.6) is 17.2 Å². The van der Waals surface area contributed by atoms with Crippen LogP contribution in [0, 0.1) is 0 Å². The van der Waals surface area contributed by atoms with Gasteiger partial charge in [-0.05, 0) is 48.9 Å². The second kappa shape index (κ2) is 7.70. The smallest absolute Gasteiger partial charge is 0.127 e. The molecule has 0 unspecified atom stereocenters. The Bertz CT molecular complexity index is 965. The molecule has 130 valence electrons. The van der Waals surface area contributed by atoms with Crippen LogP contribution >= 0.6 is 0 Å². The molecule has 26 heavy (non-hydrogen) atoms. The Morgan fingerprint density at radius 3 is 2.46 bits per heavy atom. The molecule has 0 bridgehead atoms. The summed E-state index contributed by atoms with van der Waals surface area (Å²) < 4.78 is 13.7. The Balaban J connectivity index is 1.27. The van der Waals surface area contributed by atoms with Crippen molar-refractivity contribution < 1.29 is 9.47 Å². The number of imidazole rings is 1. The van der Waals surface area contributed by atoms with E-state index in [4.69, 9.17) is 9.47 Å². The summed E-state index contributed by atoms with van der Waals surface area (Å²) in [5.74, 6) is 2.45. The number of fused-ring (bicyclic) bond motifs is 1. The predicted octanol–water partition coefficient (Wildman–Crippen LogP) is 4.69. The number of pyridine rings is 1. The van der Waals surface area contributed by atoms with Gasteiger partial charge in [0, 0.05) is 12.7 Å². The molecular formula is C21H19N3O2. The topological polar surface area (TPSA) is 49.2 Å². The van der Waals surface area contributed by atoms with Gasteiger partial charge in [-0.25, -0.2) is 4.98 Å². The zero-order valence-corrected chi connectivity index (χ0v) is 14.3. The first kappa shape index (κ1) is 16.1. The zero-order valence-electron chi connectivity index (χ0n) is 14.3. The summed E-state index contributed by atoms with van der Waals surface area (Å²) in [7, 11) is 0. The Kier molecular flexibility index (Phi) is 4.78. The van der Waals surface area contributed by atoms with Gasteiger partial charge in [0.2, 0.25) is 0 Å². The lowest BCUT2D eigenvalue weighted by molar-refractivity contribution is 0.302. The Morgan fingerprint density at radius 1 is 0.846 bits per heavy atom. The van der Waals surface area contributed by atoms with Crippen LogP contribution in [0.15, 0.2) is 79.4 Å². The van der Waals surface area contributed by atoms with Gasteiger partial charge in [0.25, 0.3) is 0 Å². The third-order valence-corrected chi connectivity index (χ3v) is 4.04. The number of benzene rings is 2. The Labute approximate surface area is 151 Å². The molecule has 2 aromatic carbocycles. The number of aromatic nitrogens is 3. The van der Waals surface area contributed by atoms with Gasteiger partial charge in [0.15, 0.2) is 0 Å². The fourth-order valence-electron chi connectivity index (χ4n) is 2.75. The van der Waals surface area contributed by atoms with Gasteiger partial charge in [-0.3, -0.25) is 4.98 Å². The average molecular weight is 345 g/mol. The monoisotopic (exact) mass is 345 g/mol. The number of para-hydroxylation sites is 1. The number of aryl methyl sites for hydroxylation is 1. The molecule has 2 aromatic heterocycles. The van der Waals surface area contributed by atoms with E-state index in [1.165, 1.54) is 0 Å². The lowest BCUT2D eigenvalue weighted by Crippen LogP contribution is -2.03. The summed E-state index contributed by atoms with van der Waals surface area (Å²) in [4.78, 5) is 8.43. The minimum absolute atomic E-state index is 0.643. The fraction of sp³-hybridized carbons (Fsp3) is 0.143. The first-order chi connectivity index (χ1) is 12.9. The van der Waals surface area contributed by atoms with Gasteiger partial charge in [-0.2, -0.15) is 0 Å². The quantitative estimate of drug-likeness (QED) is 0.456. The summed E-state index contributed by atoms with van der Waals surface area (Å²) in [6, 6.07) is 19.4. The normalized spacial score (nSPS) is 10.8. The molecule has 0 fully saturated rings. The van der Waals surface area contributed by atoms with Crippen LogP contribution in [0.1, 0.15) is 6.42 Å². The maximum Gasteiger partial charge on any atom is 0.127 e. The molecule has 0 N–H and O–H groups in total. The molecule has 0 spiro atoms. The molecule has 0 aliphatic rings. The molecule has 5 heteroatoms. The highest BCUT2D eigenvalue weighted by molar-refractivity contribution is 5.73. The van der Waals surface area contributed by atoms with Gasteiger partial charge in [-0.1, -0.05) is 18.2 Å². The lowest BCUT2D eigenvalue weighted by atomic mass is 10.3. The fourth-order valence-corrected chi connectivity index (χ4v) is 2.75. The molecule has 0 saturated carbocycles. The molecule has 0 radical (unpaired) electrons.